The minimum Gasteiger partial charge on any atom is -0.479 e. The molecule has 3 aromatic carbocycles. The van der Waals surface area contributed by atoms with Crippen molar-refractivity contribution in [1.82, 2.24) is 4.90 Å². The highest BCUT2D eigenvalue weighted by atomic mass is 16.6. The number of carboxylic acids is 1. The van der Waals surface area contributed by atoms with Crippen molar-refractivity contribution in [1.29, 1.82) is 0 Å². The molecule has 10 nitrogen and oxygen atoms in total. The maximum Gasteiger partial charge on any atom is 0.340 e. The van der Waals surface area contributed by atoms with E-state index in [-0.39, 0.29) is 31.1 Å². The van der Waals surface area contributed by atoms with Crippen LogP contribution in [0.25, 0.3) is 0 Å². The topological polar surface area (TPSA) is 129 Å². The molecule has 0 aliphatic carbocycles. The number of hydrogen-bond donors (Lipinski definition) is 1. The van der Waals surface area contributed by atoms with Crippen molar-refractivity contribution in [3.8, 4) is 11.5 Å². The van der Waals surface area contributed by atoms with Gasteiger partial charge >= 0.3 is 17.9 Å². The van der Waals surface area contributed by atoms with E-state index in [0.717, 1.165) is 16.0 Å². The lowest BCUT2D eigenvalue weighted by Gasteiger charge is -2.36. The first-order valence-corrected chi connectivity index (χ1v) is 13.1. The standard InChI is InChI=1S/C31H23NO9/c1-16-6-8-20-23(12-16)39-24-13-17(7-9-21(24)31(20)19-5-3-2-4-18(19)30(37)41-31)14-27(34)38-11-10-22-28(29(35)36)32-25(33)15-26(32)40-22/h2-10,12-13,26,28H,11,14-15H2,1H3,(H,35,36)/b22-10-. The van der Waals surface area contributed by atoms with E-state index < -0.39 is 35.8 Å². The number of hydrogen-bond acceptors (Lipinski definition) is 8. The van der Waals surface area contributed by atoms with Crippen LogP contribution in [-0.2, 0) is 40.6 Å². The number of esters is 2. The van der Waals surface area contributed by atoms with Gasteiger partial charge in [0.1, 0.15) is 23.9 Å². The summed E-state index contributed by atoms with van der Waals surface area (Å²) in [5, 5.41) is 9.48. The third kappa shape index (κ3) is 3.71. The van der Waals surface area contributed by atoms with E-state index >= 15 is 0 Å². The van der Waals surface area contributed by atoms with Crippen LogP contribution in [0.5, 0.6) is 11.5 Å². The lowest BCUT2D eigenvalue weighted by molar-refractivity contribution is -0.163. The third-order valence-corrected chi connectivity index (χ3v) is 7.81. The molecular weight excluding hydrogens is 530 g/mol. The monoisotopic (exact) mass is 553 g/mol. The van der Waals surface area contributed by atoms with E-state index in [9.17, 15) is 24.3 Å². The van der Waals surface area contributed by atoms with E-state index in [2.05, 4.69) is 0 Å². The fraction of sp³-hybridized carbons (Fsp3) is 0.226. The van der Waals surface area contributed by atoms with Crippen LogP contribution in [-0.4, -0.2) is 52.7 Å². The SMILES string of the molecule is Cc1ccc2c(c1)Oc1cc(CC(=O)OC/C=C3\OC4CC(=O)N4C3C(=O)O)ccc1C21OC(=O)c2ccccc21. The molecule has 0 aromatic heterocycles. The average molecular weight is 554 g/mol. The zero-order valence-electron chi connectivity index (χ0n) is 21.8. The van der Waals surface area contributed by atoms with E-state index in [0.29, 0.717) is 33.8 Å². The summed E-state index contributed by atoms with van der Waals surface area (Å²) in [6.07, 6.45) is 0.814. The summed E-state index contributed by atoms with van der Waals surface area (Å²) in [6, 6.07) is 17.1. The Bertz CT molecular complexity index is 1710. The molecule has 0 radical (unpaired) electrons. The van der Waals surface area contributed by atoms with Crippen LogP contribution < -0.4 is 4.74 Å². The van der Waals surface area contributed by atoms with Gasteiger partial charge in [0.15, 0.2) is 17.9 Å². The first kappa shape index (κ1) is 24.9. The van der Waals surface area contributed by atoms with Gasteiger partial charge in [-0.15, -0.1) is 0 Å². The van der Waals surface area contributed by atoms with E-state index in [1.54, 1.807) is 30.3 Å². The second kappa shape index (κ2) is 8.95. The van der Waals surface area contributed by atoms with Crippen LogP contribution in [0.4, 0.5) is 0 Å². The summed E-state index contributed by atoms with van der Waals surface area (Å²) in [5.41, 5.74) is 2.97. The fourth-order valence-electron chi connectivity index (χ4n) is 5.94. The van der Waals surface area contributed by atoms with Crippen molar-refractivity contribution in [3.05, 3.63) is 106 Å². The summed E-state index contributed by atoms with van der Waals surface area (Å²) < 4.78 is 23.3. The van der Waals surface area contributed by atoms with Crippen molar-refractivity contribution < 1.29 is 43.2 Å². The molecule has 0 bridgehead atoms. The van der Waals surface area contributed by atoms with Gasteiger partial charge in [0, 0.05) is 16.7 Å². The third-order valence-electron chi connectivity index (χ3n) is 7.81. The van der Waals surface area contributed by atoms with Gasteiger partial charge in [-0.2, -0.15) is 0 Å². The molecule has 7 rings (SSSR count). The second-order valence-corrected chi connectivity index (χ2v) is 10.3. The summed E-state index contributed by atoms with van der Waals surface area (Å²) in [4.78, 5) is 50.2. The van der Waals surface area contributed by atoms with Gasteiger partial charge in [0.25, 0.3) is 0 Å². The minimum absolute atomic E-state index is 0.0778. The zero-order valence-corrected chi connectivity index (χ0v) is 21.8. The molecule has 2 saturated heterocycles. The van der Waals surface area contributed by atoms with Gasteiger partial charge in [0.05, 0.1) is 18.4 Å². The van der Waals surface area contributed by atoms with E-state index in [1.807, 2.05) is 37.3 Å². The number of benzene rings is 3. The molecule has 1 amide bonds. The van der Waals surface area contributed by atoms with Gasteiger partial charge < -0.3 is 24.1 Å². The second-order valence-electron chi connectivity index (χ2n) is 10.3. The predicted octanol–water partition coefficient (Wildman–Crippen LogP) is 3.57. The van der Waals surface area contributed by atoms with Crippen molar-refractivity contribution in [2.45, 2.75) is 37.6 Å². The summed E-state index contributed by atoms with van der Waals surface area (Å²) >= 11 is 0. The van der Waals surface area contributed by atoms with Crippen LogP contribution in [0.1, 0.15) is 44.6 Å². The molecule has 3 unspecified atom stereocenters. The molecule has 0 saturated carbocycles. The van der Waals surface area contributed by atoms with Gasteiger partial charge in [-0.3, -0.25) is 14.5 Å². The Morgan fingerprint density at radius 3 is 2.59 bits per heavy atom. The number of carbonyl (C=O) groups excluding carboxylic acids is 3. The Hall–Kier alpha value is -5.12. The average Bonchev–Trinajstić information content (AvgIpc) is 3.40. The molecular formula is C31H23NO9. The highest BCUT2D eigenvalue weighted by Gasteiger charge is 2.54. The molecule has 1 N–H and O–H groups in total. The molecule has 3 aromatic rings. The van der Waals surface area contributed by atoms with Crippen molar-refractivity contribution in [2.24, 2.45) is 0 Å². The molecule has 1 spiro atoms. The molecule has 206 valence electrons. The van der Waals surface area contributed by atoms with Crippen LogP contribution >= 0.6 is 0 Å². The van der Waals surface area contributed by atoms with Gasteiger partial charge in [0.2, 0.25) is 5.91 Å². The molecule has 4 aliphatic rings. The Morgan fingerprint density at radius 1 is 1.05 bits per heavy atom. The molecule has 4 aliphatic heterocycles. The lowest BCUT2D eigenvalue weighted by atomic mass is 9.77. The summed E-state index contributed by atoms with van der Waals surface area (Å²) in [7, 11) is 0. The smallest absolute Gasteiger partial charge is 0.340 e. The molecule has 4 heterocycles. The van der Waals surface area contributed by atoms with Crippen LogP contribution in [0.15, 0.2) is 72.5 Å². The Balaban J connectivity index is 1.14. The number of aryl methyl sites for hydroxylation is 1. The maximum atomic E-state index is 13.0. The number of carbonyl (C=O) groups is 4. The van der Waals surface area contributed by atoms with Crippen molar-refractivity contribution in [3.63, 3.8) is 0 Å². The maximum absolute atomic E-state index is 13.0. The van der Waals surface area contributed by atoms with Gasteiger partial charge in [-0.1, -0.05) is 42.5 Å². The first-order chi connectivity index (χ1) is 19.8. The number of β-lactam (4-membered cyclic amide) rings is 1. The number of nitrogens with zero attached hydrogens (tertiary/aromatic N) is 1. The fourth-order valence-corrected chi connectivity index (χ4v) is 5.94. The molecule has 2 fully saturated rings. The Kier molecular flexibility index (Phi) is 5.43. The van der Waals surface area contributed by atoms with Crippen molar-refractivity contribution >= 4 is 23.8 Å². The molecule has 41 heavy (non-hydrogen) atoms. The largest absolute Gasteiger partial charge is 0.479 e. The summed E-state index contributed by atoms with van der Waals surface area (Å²) in [6.45, 7) is 1.73. The highest BCUT2D eigenvalue weighted by Crippen LogP contribution is 2.56. The molecule has 10 heteroatoms. The number of ether oxygens (including phenoxy) is 4. The van der Waals surface area contributed by atoms with Gasteiger partial charge in [-0.25, -0.2) is 9.59 Å². The highest BCUT2D eigenvalue weighted by molar-refractivity contribution is 5.97. The summed E-state index contributed by atoms with van der Waals surface area (Å²) in [5.74, 6) is -1.39. The quantitative estimate of drug-likeness (QED) is 0.372. The first-order valence-electron chi connectivity index (χ1n) is 13.1. The molecule has 3 atom stereocenters. The normalized spacial score (nSPS) is 23.9. The number of rotatable bonds is 5. The van der Waals surface area contributed by atoms with Crippen LogP contribution in [0, 0.1) is 6.92 Å². The number of aliphatic carboxylic acids is 1. The predicted molar refractivity (Wildman–Crippen MR) is 140 cm³/mol. The number of fused-ring (bicyclic) bond motifs is 7. The minimum atomic E-state index is -1.22. The van der Waals surface area contributed by atoms with Gasteiger partial charge in [-0.05, 0) is 42.3 Å². The Morgan fingerprint density at radius 2 is 1.80 bits per heavy atom. The number of carboxylic acid groups (broad SMARTS) is 1. The van der Waals surface area contributed by atoms with Crippen LogP contribution in [0.3, 0.4) is 0 Å². The van der Waals surface area contributed by atoms with E-state index in [4.69, 9.17) is 18.9 Å². The van der Waals surface area contributed by atoms with Crippen LogP contribution in [0.2, 0.25) is 0 Å². The van der Waals surface area contributed by atoms with Crippen molar-refractivity contribution in [2.75, 3.05) is 6.61 Å². The zero-order chi connectivity index (χ0) is 28.5. The lowest BCUT2D eigenvalue weighted by Crippen LogP contribution is -2.54. The number of amides is 1. The van der Waals surface area contributed by atoms with E-state index in [1.165, 1.54) is 6.08 Å². The Labute approximate surface area is 233 Å².